The van der Waals surface area contributed by atoms with E-state index >= 15 is 0 Å². The molecule has 0 amide bonds. The summed E-state index contributed by atoms with van der Waals surface area (Å²) >= 11 is 0. The molecule has 0 bridgehead atoms. The minimum atomic E-state index is 0.847. The number of hydrogen-bond donors (Lipinski definition) is 0. The lowest BCUT2D eigenvalue weighted by molar-refractivity contribution is 0.572. The van der Waals surface area contributed by atoms with Crippen molar-refractivity contribution in [1.82, 2.24) is 0 Å². The number of benzene rings is 10. The molecule has 0 N–H and O–H groups in total. The predicted molar refractivity (Wildman–Crippen MR) is 282 cm³/mol. The van der Waals surface area contributed by atoms with E-state index in [9.17, 15) is 0 Å². The van der Waals surface area contributed by atoms with Gasteiger partial charge in [0, 0.05) is 66.4 Å². The van der Waals surface area contributed by atoms with Crippen molar-refractivity contribution in [2.45, 2.75) is 12.8 Å². The van der Waals surface area contributed by atoms with Crippen molar-refractivity contribution in [3.8, 4) is 44.5 Å². The Kier molecular flexibility index (Phi) is 8.68. The maximum absolute atomic E-state index is 6.64. The first-order chi connectivity index (χ1) is 33.7. The van der Waals surface area contributed by atoms with E-state index in [-0.39, 0.29) is 0 Å². The summed E-state index contributed by atoms with van der Waals surface area (Å²) in [4.78, 5) is 2.33. The van der Waals surface area contributed by atoms with Gasteiger partial charge in [0.2, 0.25) is 0 Å². The molecule has 10 aromatic carbocycles. The van der Waals surface area contributed by atoms with Crippen LogP contribution in [0.4, 0.5) is 17.1 Å². The van der Waals surface area contributed by atoms with Gasteiger partial charge < -0.3 is 18.2 Å². The molecule has 0 saturated carbocycles. The van der Waals surface area contributed by atoms with Crippen LogP contribution in [-0.2, 0) is 0 Å². The maximum Gasteiger partial charge on any atom is 0.137 e. The molecule has 0 unspecified atom stereocenters. The number of fused-ring (bicyclic) bond motifs is 10. The Balaban J connectivity index is 0.995. The van der Waals surface area contributed by atoms with Gasteiger partial charge in [0.05, 0.1) is 0 Å². The van der Waals surface area contributed by atoms with Gasteiger partial charge in [0.15, 0.2) is 0 Å². The number of anilines is 3. The molecule has 320 valence electrons. The highest BCUT2D eigenvalue weighted by atomic mass is 16.3. The van der Waals surface area contributed by atoms with E-state index < -0.39 is 0 Å². The molecule has 0 saturated heterocycles. The van der Waals surface area contributed by atoms with Crippen molar-refractivity contribution < 1.29 is 13.3 Å². The van der Waals surface area contributed by atoms with Gasteiger partial charge in [-0.05, 0) is 136 Å². The van der Waals surface area contributed by atoms with Crippen LogP contribution < -0.4 is 15.5 Å². The average molecular weight is 872 g/mol. The van der Waals surface area contributed by atoms with Crippen molar-refractivity contribution in [2.24, 2.45) is 0 Å². The van der Waals surface area contributed by atoms with Gasteiger partial charge in [-0.3, -0.25) is 0 Å². The summed E-state index contributed by atoms with van der Waals surface area (Å²) in [5, 5.41) is 9.08. The van der Waals surface area contributed by atoms with Crippen LogP contribution in [0.1, 0.15) is 12.8 Å². The highest BCUT2D eigenvalue weighted by molar-refractivity contribution is 6.22. The number of para-hydroxylation sites is 2. The average Bonchev–Trinajstić information content (AvgIpc) is 4.10. The monoisotopic (exact) mass is 871 g/mol. The second kappa shape index (κ2) is 15.4. The Labute approximate surface area is 391 Å². The molecule has 14 rings (SSSR count). The lowest BCUT2D eigenvalue weighted by Gasteiger charge is -2.26. The van der Waals surface area contributed by atoms with Crippen molar-refractivity contribution in [3.05, 3.63) is 223 Å². The number of nitrogens with zero attached hydrogens (tertiary/aromatic N) is 1. The summed E-state index contributed by atoms with van der Waals surface area (Å²) in [7, 11) is 0. The molecule has 0 spiro atoms. The van der Waals surface area contributed by atoms with Crippen LogP contribution in [0, 0.1) is 0 Å². The van der Waals surface area contributed by atoms with E-state index in [4.69, 9.17) is 13.3 Å². The third-order valence-corrected chi connectivity index (χ3v) is 13.9. The van der Waals surface area contributed by atoms with Gasteiger partial charge in [0.1, 0.15) is 33.3 Å². The number of rotatable bonds is 7. The van der Waals surface area contributed by atoms with Gasteiger partial charge in [-0.1, -0.05) is 140 Å². The highest BCUT2D eigenvalue weighted by Crippen LogP contribution is 2.50. The third-order valence-electron chi connectivity index (χ3n) is 13.9. The molecule has 1 aliphatic carbocycles. The third kappa shape index (κ3) is 6.08. The molecular weight excluding hydrogens is 831 g/mol. The Morgan fingerprint density at radius 2 is 0.882 bits per heavy atom. The van der Waals surface area contributed by atoms with Gasteiger partial charge in [-0.15, -0.1) is 0 Å². The van der Waals surface area contributed by atoms with Crippen molar-refractivity contribution in [1.29, 1.82) is 0 Å². The Morgan fingerprint density at radius 3 is 1.60 bits per heavy atom. The van der Waals surface area contributed by atoms with Crippen molar-refractivity contribution >= 4 is 94.8 Å². The van der Waals surface area contributed by atoms with Gasteiger partial charge >= 0.3 is 0 Å². The summed E-state index contributed by atoms with van der Waals surface area (Å²) in [5.41, 5.74) is 17.5. The highest BCUT2D eigenvalue weighted by Gasteiger charge is 2.25. The zero-order chi connectivity index (χ0) is 44.7. The van der Waals surface area contributed by atoms with Crippen LogP contribution in [0.3, 0.4) is 0 Å². The molecule has 4 heteroatoms. The lowest BCUT2D eigenvalue weighted by Crippen LogP contribution is -2.21. The first kappa shape index (κ1) is 38.4. The maximum atomic E-state index is 6.64. The summed E-state index contributed by atoms with van der Waals surface area (Å²) in [6.45, 7) is 0. The quantitative estimate of drug-likeness (QED) is 0.160. The molecule has 3 aromatic heterocycles. The first-order valence-corrected chi connectivity index (χ1v) is 23.4. The molecule has 0 aliphatic heterocycles. The minimum absolute atomic E-state index is 0.847. The Bertz CT molecular complexity index is 4240. The van der Waals surface area contributed by atoms with E-state index in [1.807, 2.05) is 12.1 Å². The standard InChI is InChI=1S/C64H41NO3/c1-2-13-40(14-3-1)41-25-29-44(30-26-41)65(46-33-34-49-48-18-6-9-22-55(48)68-60(49)39-46)45-31-27-43(28-32-45)61-51(35-37-58-63(61)53-19-7-10-23-56(53)66-58)52-36-38-59-64(54-20-8-11-24-57(54)67-59)62(52)50-21-12-16-42-15-4-5-17-47(42)50/h1-5,7-8,10-39H,6,9H2. The van der Waals surface area contributed by atoms with Gasteiger partial charge in [-0.2, -0.15) is 0 Å². The molecule has 0 atom stereocenters. The lowest BCUT2D eigenvalue weighted by atomic mass is 9.84. The SMILES string of the molecule is C1=c2oc3cc(N(c4ccc(-c5ccccc5)cc4)c4ccc(-c5c(-c6ccc7oc8ccccc8c7c6-c6cccc7ccccc67)ccc6oc7ccccc7c56)cc4)ccc3c2=CCC1. The normalized spacial score (nSPS) is 12.5. The van der Waals surface area contributed by atoms with E-state index in [1.165, 1.54) is 27.1 Å². The molecular formula is C64H41NO3. The van der Waals surface area contributed by atoms with Crippen molar-refractivity contribution in [2.75, 3.05) is 4.90 Å². The van der Waals surface area contributed by atoms with E-state index in [0.717, 1.165) is 124 Å². The second-order valence-corrected chi connectivity index (χ2v) is 17.8. The summed E-state index contributed by atoms with van der Waals surface area (Å²) < 4.78 is 19.8. The second-order valence-electron chi connectivity index (χ2n) is 17.8. The predicted octanol–water partition coefficient (Wildman–Crippen LogP) is 16.9. The number of hydrogen-bond acceptors (Lipinski definition) is 4. The molecule has 1 aliphatic rings. The van der Waals surface area contributed by atoms with Crippen LogP contribution in [0.25, 0.3) is 122 Å². The Hall–Kier alpha value is -8.86. The van der Waals surface area contributed by atoms with Crippen LogP contribution in [0.2, 0.25) is 0 Å². The van der Waals surface area contributed by atoms with Crippen LogP contribution in [0.15, 0.2) is 226 Å². The fraction of sp³-hybridized carbons (Fsp3) is 0.0312. The van der Waals surface area contributed by atoms with Crippen LogP contribution >= 0.6 is 0 Å². The van der Waals surface area contributed by atoms with E-state index in [2.05, 4.69) is 217 Å². The van der Waals surface area contributed by atoms with Crippen LogP contribution in [-0.4, -0.2) is 0 Å². The smallest absolute Gasteiger partial charge is 0.137 e. The molecule has 0 fully saturated rings. The topological polar surface area (TPSA) is 42.7 Å². The first-order valence-electron chi connectivity index (χ1n) is 23.4. The van der Waals surface area contributed by atoms with Crippen molar-refractivity contribution in [3.63, 3.8) is 0 Å². The fourth-order valence-electron chi connectivity index (χ4n) is 10.8. The number of furan rings is 3. The van der Waals surface area contributed by atoms with Gasteiger partial charge in [-0.25, -0.2) is 0 Å². The molecule has 4 nitrogen and oxygen atoms in total. The molecule has 0 radical (unpaired) electrons. The van der Waals surface area contributed by atoms with E-state index in [1.54, 1.807) is 0 Å². The van der Waals surface area contributed by atoms with E-state index in [0.29, 0.717) is 0 Å². The summed E-state index contributed by atoms with van der Waals surface area (Å²) in [6, 6.07) is 76.0. The molecule has 3 heterocycles. The largest absolute Gasteiger partial charge is 0.456 e. The summed E-state index contributed by atoms with van der Waals surface area (Å²) in [5.74, 6) is 0. The molecule has 13 aromatic rings. The zero-order valence-electron chi connectivity index (χ0n) is 36.9. The fourth-order valence-corrected chi connectivity index (χ4v) is 10.8. The van der Waals surface area contributed by atoms with Gasteiger partial charge in [0.25, 0.3) is 0 Å². The molecule has 68 heavy (non-hydrogen) atoms. The zero-order valence-corrected chi connectivity index (χ0v) is 36.9. The Morgan fingerprint density at radius 1 is 0.324 bits per heavy atom. The van der Waals surface area contributed by atoms with Crippen LogP contribution in [0.5, 0.6) is 0 Å². The minimum Gasteiger partial charge on any atom is -0.456 e. The summed E-state index contributed by atoms with van der Waals surface area (Å²) in [6.07, 6.45) is 6.54.